The molecular formula is C38H74O4. The summed E-state index contributed by atoms with van der Waals surface area (Å²) in [7, 11) is 0. The fourth-order valence-corrected chi connectivity index (χ4v) is 6.01. The molecule has 1 N–H and O–H groups in total. The Labute approximate surface area is 262 Å². The highest BCUT2D eigenvalue weighted by Gasteiger charge is 2.14. The van der Waals surface area contributed by atoms with E-state index in [2.05, 4.69) is 13.8 Å². The molecule has 1 atom stereocenters. The molecule has 0 saturated heterocycles. The molecule has 0 bridgehead atoms. The molecule has 0 amide bonds. The van der Waals surface area contributed by atoms with Crippen LogP contribution in [0.3, 0.4) is 0 Å². The number of aliphatic carboxylic acids is 1. The highest BCUT2D eigenvalue weighted by Crippen LogP contribution is 2.19. The van der Waals surface area contributed by atoms with E-state index in [4.69, 9.17) is 9.84 Å². The van der Waals surface area contributed by atoms with Gasteiger partial charge in [0.1, 0.15) is 6.10 Å². The van der Waals surface area contributed by atoms with Crippen LogP contribution in [0.1, 0.15) is 226 Å². The third kappa shape index (κ3) is 33.4. The van der Waals surface area contributed by atoms with Crippen LogP contribution in [0.5, 0.6) is 0 Å². The predicted molar refractivity (Wildman–Crippen MR) is 181 cm³/mol. The maximum Gasteiger partial charge on any atom is 0.306 e. The molecule has 0 aromatic rings. The van der Waals surface area contributed by atoms with Crippen LogP contribution in [-0.2, 0) is 14.3 Å². The molecule has 0 aliphatic rings. The summed E-state index contributed by atoms with van der Waals surface area (Å²) in [6, 6.07) is 0. The van der Waals surface area contributed by atoms with E-state index in [1.165, 1.54) is 148 Å². The van der Waals surface area contributed by atoms with Gasteiger partial charge in [0.25, 0.3) is 0 Å². The van der Waals surface area contributed by atoms with Crippen molar-refractivity contribution in [3.63, 3.8) is 0 Å². The number of unbranched alkanes of at least 4 members (excludes halogenated alkanes) is 26. The maximum atomic E-state index is 12.6. The molecule has 0 aliphatic heterocycles. The fourth-order valence-electron chi connectivity index (χ4n) is 6.01. The smallest absolute Gasteiger partial charge is 0.306 e. The van der Waals surface area contributed by atoms with Crippen LogP contribution in [0.15, 0.2) is 0 Å². The van der Waals surface area contributed by atoms with Crippen LogP contribution in [0.2, 0.25) is 0 Å². The van der Waals surface area contributed by atoms with Gasteiger partial charge in [0.2, 0.25) is 0 Å². The average molecular weight is 595 g/mol. The molecule has 250 valence electrons. The average Bonchev–Trinajstić information content (AvgIpc) is 2.97. The van der Waals surface area contributed by atoms with Crippen molar-refractivity contribution >= 4 is 11.9 Å². The second-order valence-corrected chi connectivity index (χ2v) is 13.1. The topological polar surface area (TPSA) is 63.6 Å². The van der Waals surface area contributed by atoms with Gasteiger partial charge in [-0.1, -0.05) is 174 Å². The zero-order chi connectivity index (χ0) is 30.8. The van der Waals surface area contributed by atoms with Gasteiger partial charge >= 0.3 is 11.9 Å². The lowest BCUT2D eigenvalue weighted by Gasteiger charge is -2.18. The molecule has 0 spiro atoms. The lowest BCUT2D eigenvalue weighted by Crippen LogP contribution is -2.18. The van der Waals surface area contributed by atoms with Crippen molar-refractivity contribution in [1.82, 2.24) is 0 Å². The monoisotopic (exact) mass is 595 g/mol. The highest BCUT2D eigenvalue weighted by atomic mass is 16.5. The minimum Gasteiger partial charge on any atom is -0.481 e. The molecule has 0 heterocycles. The first-order valence-corrected chi connectivity index (χ1v) is 19.0. The number of ether oxygens (including phenoxy) is 1. The number of rotatable bonds is 35. The standard InChI is InChI=1S/C38H74O4/c1-3-5-7-9-10-11-12-13-14-15-16-20-23-27-31-35-38(41)42-36(32-28-24-8-6-4-2)33-29-25-21-18-17-19-22-26-30-34-37(39)40/h36H,3-35H2,1-2H3,(H,39,40). The summed E-state index contributed by atoms with van der Waals surface area (Å²) in [6.45, 7) is 4.54. The van der Waals surface area contributed by atoms with Gasteiger partial charge < -0.3 is 9.84 Å². The minimum absolute atomic E-state index is 0.0335. The van der Waals surface area contributed by atoms with Crippen LogP contribution in [0.4, 0.5) is 0 Å². The summed E-state index contributed by atoms with van der Waals surface area (Å²) >= 11 is 0. The second-order valence-electron chi connectivity index (χ2n) is 13.1. The first kappa shape index (κ1) is 40.9. The Kier molecular flexibility index (Phi) is 33.6. The molecule has 4 nitrogen and oxygen atoms in total. The summed E-state index contributed by atoms with van der Waals surface area (Å²) in [5.74, 6) is -0.642. The molecule has 0 aromatic carbocycles. The molecule has 4 heteroatoms. The van der Waals surface area contributed by atoms with Crippen molar-refractivity contribution in [2.45, 2.75) is 232 Å². The lowest BCUT2D eigenvalue weighted by atomic mass is 10.0. The van der Waals surface area contributed by atoms with Crippen LogP contribution >= 0.6 is 0 Å². The number of hydrogen-bond acceptors (Lipinski definition) is 3. The van der Waals surface area contributed by atoms with Crippen molar-refractivity contribution in [2.24, 2.45) is 0 Å². The Balaban J connectivity index is 3.83. The van der Waals surface area contributed by atoms with E-state index >= 15 is 0 Å². The van der Waals surface area contributed by atoms with Crippen LogP contribution in [0, 0.1) is 0 Å². The van der Waals surface area contributed by atoms with E-state index in [0.29, 0.717) is 12.8 Å². The van der Waals surface area contributed by atoms with Crippen molar-refractivity contribution in [3.05, 3.63) is 0 Å². The van der Waals surface area contributed by atoms with E-state index in [9.17, 15) is 9.59 Å². The van der Waals surface area contributed by atoms with Crippen molar-refractivity contribution < 1.29 is 19.4 Å². The van der Waals surface area contributed by atoms with E-state index in [-0.39, 0.29) is 12.1 Å². The molecule has 1 unspecified atom stereocenters. The quantitative estimate of drug-likeness (QED) is 0.0585. The lowest BCUT2D eigenvalue weighted by molar-refractivity contribution is -0.150. The zero-order valence-corrected chi connectivity index (χ0v) is 28.6. The molecule has 0 fully saturated rings. The van der Waals surface area contributed by atoms with Gasteiger partial charge in [-0.2, -0.15) is 0 Å². The van der Waals surface area contributed by atoms with E-state index in [1.54, 1.807) is 0 Å². The van der Waals surface area contributed by atoms with E-state index < -0.39 is 5.97 Å². The summed E-state index contributed by atoms with van der Waals surface area (Å²) in [6.07, 6.45) is 39.9. The van der Waals surface area contributed by atoms with Gasteiger partial charge in [0, 0.05) is 12.8 Å². The normalized spacial score (nSPS) is 12.0. The van der Waals surface area contributed by atoms with Crippen LogP contribution < -0.4 is 0 Å². The molecule has 0 rings (SSSR count). The zero-order valence-electron chi connectivity index (χ0n) is 28.6. The van der Waals surface area contributed by atoms with Gasteiger partial charge in [0.15, 0.2) is 0 Å². The van der Waals surface area contributed by atoms with Crippen molar-refractivity contribution in [1.29, 1.82) is 0 Å². The van der Waals surface area contributed by atoms with Gasteiger partial charge in [-0.15, -0.1) is 0 Å². The number of carboxylic acids is 1. The SMILES string of the molecule is CCCCCCCCCCCCCCCCCC(=O)OC(CCCCCCC)CCCCCCCCCCCC(=O)O. The third-order valence-corrected chi connectivity index (χ3v) is 8.83. The third-order valence-electron chi connectivity index (χ3n) is 8.83. The number of esters is 1. The van der Waals surface area contributed by atoms with Gasteiger partial charge in [-0.3, -0.25) is 9.59 Å². The summed E-state index contributed by atoms with van der Waals surface area (Å²) < 4.78 is 5.99. The molecule has 0 radical (unpaired) electrons. The minimum atomic E-state index is -0.676. The Morgan fingerprint density at radius 1 is 0.429 bits per heavy atom. The Morgan fingerprint density at radius 3 is 1.05 bits per heavy atom. The first-order valence-electron chi connectivity index (χ1n) is 19.0. The molecule has 0 saturated carbocycles. The van der Waals surface area contributed by atoms with Crippen molar-refractivity contribution in [2.75, 3.05) is 0 Å². The summed E-state index contributed by atoms with van der Waals surface area (Å²) in [4.78, 5) is 23.2. The van der Waals surface area contributed by atoms with Gasteiger partial charge in [0.05, 0.1) is 0 Å². The number of carbonyl (C=O) groups excluding carboxylic acids is 1. The van der Waals surface area contributed by atoms with Gasteiger partial charge in [-0.25, -0.2) is 0 Å². The predicted octanol–water partition coefficient (Wildman–Crippen LogP) is 12.9. The Morgan fingerprint density at radius 2 is 0.714 bits per heavy atom. The number of hydrogen-bond donors (Lipinski definition) is 1. The van der Waals surface area contributed by atoms with Crippen LogP contribution in [-0.4, -0.2) is 23.1 Å². The molecule has 0 aromatic heterocycles. The van der Waals surface area contributed by atoms with Crippen molar-refractivity contribution in [3.8, 4) is 0 Å². The number of carboxylic acid groups (broad SMARTS) is 1. The largest absolute Gasteiger partial charge is 0.481 e. The Hall–Kier alpha value is -1.06. The first-order chi connectivity index (χ1) is 20.6. The second kappa shape index (κ2) is 34.4. The van der Waals surface area contributed by atoms with E-state index in [1.807, 2.05) is 0 Å². The molecule has 0 aliphatic carbocycles. The number of carbonyl (C=O) groups is 2. The summed E-state index contributed by atoms with van der Waals surface area (Å²) in [5, 5.41) is 8.70. The van der Waals surface area contributed by atoms with Gasteiger partial charge in [-0.05, 0) is 38.5 Å². The molecule has 42 heavy (non-hydrogen) atoms. The fraction of sp³-hybridized carbons (Fsp3) is 0.947. The van der Waals surface area contributed by atoms with E-state index in [0.717, 1.165) is 51.4 Å². The Bertz CT molecular complexity index is 561. The van der Waals surface area contributed by atoms with Crippen LogP contribution in [0.25, 0.3) is 0 Å². The maximum absolute atomic E-state index is 12.6. The highest BCUT2D eigenvalue weighted by molar-refractivity contribution is 5.69. The molecular weight excluding hydrogens is 520 g/mol. The summed E-state index contributed by atoms with van der Waals surface area (Å²) in [5.41, 5.74) is 0.